The minimum absolute atomic E-state index is 0.0637. The Morgan fingerprint density at radius 2 is 1.87 bits per heavy atom. The number of fused-ring (bicyclic) bond motifs is 2. The summed E-state index contributed by atoms with van der Waals surface area (Å²) in [6.07, 6.45) is 7.98. The molecule has 2 N–H and O–H groups in total. The SMILES string of the molecule is O=C(NCc1ccncc1)c1cccc2c1OCCC2NCc1cncn1Cc1ccc2ccccc2n1. The summed E-state index contributed by atoms with van der Waals surface area (Å²) in [4.78, 5) is 26.2. The highest BCUT2D eigenvalue weighted by atomic mass is 16.5. The van der Waals surface area contributed by atoms with Crippen LogP contribution in [-0.4, -0.2) is 32.0 Å². The number of ether oxygens (including phenoxy) is 1. The molecule has 8 nitrogen and oxygen atoms in total. The Kier molecular flexibility index (Phi) is 6.78. The van der Waals surface area contributed by atoms with E-state index >= 15 is 0 Å². The van der Waals surface area contributed by atoms with Crippen molar-refractivity contribution in [1.82, 2.24) is 30.2 Å². The lowest BCUT2D eigenvalue weighted by atomic mass is 9.97. The van der Waals surface area contributed by atoms with E-state index in [0.29, 0.717) is 37.6 Å². The molecule has 190 valence electrons. The first kappa shape index (κ1) is 23.8. The van der Waals surface area contributed by atoms with Crippen molar-refractivity contribution in [3.05, 3.63) is 120 Å². The molecule has 1 atom stereocenters. The van der Waals surface area contributed by atoms with Crippen LogP contribution in [-0.2, 0) is 19.6 Å². The molecular weight excluding hydrogens is 476 g/mol. The molecule has 1 aliphatic heterocycles. The predicted octanol–water partition coefficient (Wildman–Crippen LogP) is 4.42. The lowest BCUT2D eigenvalue weighted by Crippen LogP contribution is -2.30. The van der Waals surface area contributed by atoms with Gasteiger partial charge in [-0.15, -0.1) is 0 Å². The van der Waals surface area contributed by atoms with Crippen LogP contribution in [0.4, 0.5) is 0 Å². The summed E-state index contributed by atoms with van der Waals surface area (Å²) < 4.78 is 8.11. The fourth-order valence-corrected chi connectivity index (χ4v) is 4.83. The quantitative estimate of drug-likeness (QED) is 0.325. The second-order valence-electron chi connectivity index (χ2n) is 9.34. The van der Waals surface area contributed by atoms with Gasteiger partial charge in [0.2, 0.25) is 0 Å². The number of aromatic nitrogens is 4. The van der Waals surface area contributed by atoms with Crippen LogP contribution >= 0.6 is 0 Å². The van der Waals surface area contributed by atoms with E-state index in [4.69, 9.17) is 9.72 Å². The van der Waals surface area contributed by atoms with E-state index in [9.17, 15) is 4.79 Å². The summed E-state index contributed by atoms with van der Waals surface area (Å²) in [7, 11) is 0. The minimum atomic E-state index is -0.153. The number of para-hydroxylation sites is 2. The Labute approximate surface area is 220 Å². The summed E-state index contributed by atoms with van der Waals surface area (Å²) in [5.74, 6) is 0.498. The molecule has 0 saturated heterocycles. The van der Waals surface area contributed by atoms with Crippen LogP contribution in [0.15, 0.2) is 91.6 Å². The maximum absolute atomic E-state index is 13.0. The topological polar surface area (TPSA) is 94.0 Å². The van der Waals surface area contributed by atoms with Crippen molar-refractivity contribution in [2.75, 3.05) is 6.61 Å². The van der Waals surface area contributed by atoms with Crippen LogP contribution in [0.1, 0.15) is 45.3 Å². The Morgan fingerprint density at radius 3 is 2.79 bits per heavy atom. The van der Waals surface area contributed by atoms with E-state index in [2.05, 4.69) is 43.4 Å². The molecule has 0 spiro atoms. The third-order valence-electron chi connectivity index (χ3n) is 6.84. The average Bonchev–Trinajstić information content (AvgIpc) is 3.41. The van der Waals surface area contributed by atoms with Gasteiger partial charge in [-0.3, -0.25) is 14.8 Å². The Balaban J connectivity index is 1.14. The number of rotatable bonds is 8. The first-order valence-electron chi connectivity index (χ1n) is 12.7. The number of hydrogen-bond acceptors (Lipinski definition) is 6. The van der Waals surface area contributed by atoms with Gasteiger partial charge in [0.05, 0.1) is 41.9 Å². The van der Waals surface area contributed by atoms with Crippen LogP contribution < -0.4 is 15.4 Å². The number of hydrogen-bond donors (Lipinski definition) is 2. The summed E-state index contributed by atoms with van der Waals surface area (Å²) in [5, 5.41) is 7.78. The van der Waals surface area contributed by atoms with Gasteiger partial charge in [0.1, 0.15) is 5.75 Å². The van der Waals surface area contributed by atoms with E-state index in [0.717, 1.165) is 39.8 Å². The molecule has 0 fully saturated rings. The fraction of sp³-hybridized carbons (Fsp3) is 0.200. The smallest absolute Gasteiger partial charge is 0.255 e. The van der Waals surface area contributed by atoms with Crippen LogP contribution in [0.5, 0.6) is 5.75 Å². The zero-order valence-electron chi connectivity index (χ0n) is 20.9. The third-order valence-corrected chi connectivity index (χ3v) is 6.84. The van der Waals surface area contributed by atoms with Crippen molar-refractivity contribution in [3.63, 3.8) is 0 Å². The minimum Gasteiger partial charge on any atom is -0.492 e. The molecule has 0 radical (unpaired) electrons. The van der Waals surface area contributed by atoms with Gasteiger partial charge >= 0.3 is 0 Å². The molecule has 2 aromatic carbocycles. The Morgan fingerprint density at radius 1 is 0.974 bits per heavy atom. The summed E-state index contributed by atoms with van der Waals surface area (Å²) in [6.45, 7) is 2.26. The zero-order chi connectivity index (χ0) is 25.7. The highest BCUT2D eigenvalue weighted by Crippen LogP contribution is 2.35. The molecule has 1 amide bonds. The van der Waals surface area contributed by atoms with Crippen molar-refractivity contribution in [1.29, 1.82) is 0 Å². The van der Waals surface area contributed by atoms with Crippen molar-refractivity contribution in [2.24, 2.45) is 0 Å². The van der Waals surface area contributed by atoms with Gasteiger partial charge in [-0.05, 0) is 35.9 Å². The Hall–Kier alpha value is -4.56. The van der Waals surface area contributed by atoms with Gasteiger partial charge in [-0.25, -0.2) is 4.98 Å². The van der Waals surface area contributed by atoms with E-state index in [1.165, 1.54) is 0 Å². The molecule has 3 aromatic heterocycles. The number of benzene rings is 2. The molecule has 5 aromatic rings. The van der Waals surface area contributed by atoms with Gasteiger partial charge in [-0.1, -0.05) is 36.4 Å². The van der Waals surface area contributed by atoms with E-state index < -0.39 is 0 Å². The molecular formula is C30H28N6O2. The largest absolute Gasteiger partial charge is 0.492 e. The molecule has 0 bridgehead atoms. The predicted molar refractivity (Wildman–Crippen MR) is 145 cm³/mol. The third kappa shape index (κ3) is 5.12. The maximum Gasteiger partial charge on any atom is 0.255 e. The lowest BCUT2D eigenvalue weighted by molar-refractivity contribution is 0.0945. The van der Waals surface area contributed by atoms with Crippen molar-refractivity contribution in [3.8, 4) is 5.75 Å². The molecule has 0 aliphatic carbocycles. The molecule has 0 saturated carbocycles. The van der Waals surface area contributed by atoms with E-state index in [1.807, 2.05) is 61.1 Å². The summed E-state index contributed by atoms with van der Waals surface area (Å²) in [5.41, 5.74) is 5.59. The van der Waals surface area contributed by atoms with E-state index in [-0.39, 0.29) is 11.9 Å². The van der Waals surface area contributed by atoms with Crippen LogP contribution in [0.2, 0.25) is 0 Å². The second kappa shape index (κ2) is 10.8. The summed E-state index contributed by atoms with van der Waals surface area (Å²) in [6, 6.07) is 21.9. The monoisotopic (exact) mass is 504 g/mol. The van der Waals surface area contributed by atoms with Crippen molar-refractivity contribution < 1.29 is 9.53 Å². The molecule has 1 aliphatic rings. The second-order valence-corrected chi connectivity index (χ2v) is 9.34. The molecule has 8 heteroatoms. The van der Waals surface area contributed by atoms with Gasteiger partial charge in [-0.2, -0.15) is 0 Å². The van der Waals surface area contributed by atoms with Gasteiger partial charge in [0.25, 0.3) is 5.91 Å². The number of carbonyl (C=O) groups is 1. The van der Waals surface area contributed by atoms with Crippen LogP contribution in [0.3, 0.4) is 0 Å². The molecule has 6 rings (SSSR count). The lowest BCUT2D eigenvalue weighted by Gasteiger charge is -2.28. The Bertz CT molecular complexity index is 1570. The molecule has 38 heavy (non-hydrogen) atoms. The maximum atomic E-state index is 13.0. The number of imidazole rings is 1. The average molecular weight is 505 g/mol. The van der Waals surface area contributed by atoms with Crippen LogP contribution in [0.25, 0.3) is 10.9 Å². The number of carbonyl (C=O) groups excluding carboxylic acids is 1. The van der Waals surface area contributed by atoms with Gasteiger partial charge in [0, 0.05) is 55.1 Å². The molecule has 1 unspecified atom stereocenters. The zero-order valence-corrected chi connectivity index (χ0v) is 20.9. The fourth-order valence-electron chi connectivity index (χ4n) is 4.83. The first-order chi connectivity index (χ1) is 18.7. The van der Waals surface area contributed by atoms with Crippen molar-refractivity contribution >= 4 is 16.8 Å². The van der Waals surface area contributed by atoms with Gasteiger partial charge in [0.15, 0.2) is 0 Å². The van der Waals surface area contributed by atoms with Crippen molar-refractivity contribution in [2.45, 2.75) is 32.1 Å². The number of pyridine rings is 2. The van der Waals surface area contributed by atoms with E-state index in [1.54, 1.807) is 12.4 Å². The molecule has 4 heterocycles. The standard InChI is InChI=1S/C30H28N6O2/c37-30(34-16-21-10-13-31-14-11-21)26-6-3-5-25-28(12-15-38-29(25)26)33-18-24-17-32-20-36(24)19-23-9-8-22-4-1-2-7-27(22)35-23/h1-11,13-14,17,20,28,33H,12,15-16,18-19H2,(H,34,37). The normalized spacial score (nSPS) is 14.6. The van der Waals surface area contributed by atoms with Gasteiger partial charge < -0.3 is 19.9 Å². The summed E-state index contributed by atoms with van der Waals surface area (Å²) >= 11 is 0. The number of nitrogens with zero attached hydrogens (tertiary/aromatic N) is 4. The number of amides is 1. The number of nitrogens with one attached hydrogen (secondary N) is 2. The first-order valence-corrected chi connectivity index (χ1v) is 12.7. The highest BCUT2D eigenvalue weighted by molar-refractivity contribution is 5.97. The van der Waals surface area contributed by atoms with Crippen LogP contribution in [0, 0.1) is 0 Å². The highest BCUT2D eigenvalue weighted by Gasteiger charge is 2.26.